The van der Waals surface area contributed by atoms with Crippen LogP contribution in [0, 0.1) is 6.92 Å². The van der Waals surface area contributed by atoms with E-state index in [0.717, 1.165) is 5.56 Å². The van der Waals surface area contributed by atoms with E-state index in [1.54, 1.807) is 18.2 Å². The van der Waals surface area contributed by atoms with Gasteiger partial charge in [-0.25, -0.2) is 8.42 Å². The van der Waals surface area contributed by atoms with Crippen LogP contribution in [0.15, 0.2) is 27.6 Å². The molecular formula is C14H19BrN2O3S. The minimum absolute atomic E-state index is 0.0652. The highest BCUT2D eigenvalue weighted by molar-refractivity contribution is 9.10. The van der Waals surface area contributed by atoms with E-state index in [0.29, 0.717) is 35.3 Å². The summed E-state index contributed by atoms with van der Waals surface area (Å²) in [6.07, 6.45) is 1.28. The molecule has 1 aliphatic rings. The van der Waals surface area contributed by atoms with Gasteiger partial charge in [-0.15, -0.1) is 0 Å². The molecule has 0 saturated carbocycles. The van der Waals surface area contributed by atoms with E-state index in [4.69, 9.17) is 0 Å². The van der Waals surface area contributed by atoms with E-state index >= 15 is 0 Å². The first-order valence-electron chi connectivity index (χ1n) is 6.84. The van der Waals surface area contributed by atoms with Gasteiger partial charge in [-0.05, 0) is 53.4 Å². The quantitative estimate of drug-likeness (QED) is 0.880. The maximum Gasteiger partial charge on any atom is 0.244 e. The second-order valence-electron chi connectivity index (χ2n) is 5.31. The number of hydrogen-bond donors (Lipinski definition) is 1. The molecule has 1 N–H and O–H groups in total. The zero-order chi connectivity index (χ0) is 15.6. The summed E-state index contributed by atoms with van der Waals surface area (Å²) in [5.74, 6) is -0.0717. The average Bonchev–Trinajstić information content (AvgIpc) is 2.38. The van der Waals surface area contributed by atoms with Crippen LogP contribution in [0.5, 0.6) is 0 Å². The van der Waals surface area contributed by atoms with Crippen molar-refractivity contribution >= 4 is 31.9 Å². The predicted molar refractivity (Wildman–Crippen MR) is 84.5 cm³/mol. The lowest BCUT2D eigenvalue weighted by atomic mass is 10.1. The van der Waals surface area contributed by atoms with E-state index in [2.05, 4.69) is 21.2 Å². The van der Waals surface area contributed by atoms with Gasteiger partial charge < -0.3 is 5.32 Å². The lowest BCUT2D eigenvalue weighted by Gasteiger charge is -2.31. The summed E-state index contributed by atoms with van der Waals surface area (Å²) >= 11 is 3.33. The number of piperidine rings is 1. The van der Waals surface area contributed by atoms with Crippen molar-refractivity contribution < 1.29 is 13.2 Å². The van der Waals surface area contributed by atoms with Gasteiger partial charge in [0.05, 0.1) is 4.90 Å². The second-order valence-corrected chi connectivity index (χ2v) is 8.07. The highest BCUT2D eigenvalue weighted by Crippen LogP contribution is 2.27. The molecule has 7 heteroatoms. The fourth-order valence-electron chi connectivity index (χ4n) is 2.48. The van der Waals surface area contributed by atoms with Crippen molar-refractivity contribution in [2.45, 2.75) is 37.6 Å². The maximum absolute atomic E-state index is 12.7. The first-order valence-corrected chi connectivity index (χ1v) is 9.07. The van der Waals surface area contributed by atoms with Crippen molar-refractivity contribution in [1.29, 1.82) is 0 Å². The molecule has 21 heavy (non-hydrogen) atoms. The molecule has 0 aromatic heterocycles. The zero-order valence-electron chi connectivity index (χ0n) is 12.1. The van der Waals surface area contributed by atoms with Crippen molar-refractivity contribution in [3.63, 3.8) is 0 Å². The topological polar surface area (TPSA) is 66.5 Å². The van der Waals surface area contributed by atoms with Crippen LogP contribution < -0.4 is 5.32 Å². The van der Waals surface area contributed by atoms with E-state index in [-0.39, 0.29) is 11.9 Å². The number of aryl methyl sites for hydroxylation is 1. The van der Waals surface area contributed by atoms with Crippen LogP contribution in [-0.2, 0) is 14.8 Å². The summed E-state index contributed by atoms with van der Waals surface area (Å²) in [7, 11) is -3.49. The number of halogens is 1. The summed E-state index contributed by atoms with van der Waals surface area (Å²) in [4.78, 5) is 11.3. The summed E-state index contributed by atoms with van der Waals surface area (Å²) in [5.41, 5.74) is 1.00. The lowest BCUT2D eigenvalue weighted by Crippen LogP contribution is -2.46. The number of benzene rings is 1. The monoisotopic (exact) mass is 374 g/mol. The van der Waals surface area contributed by atoms with Gasteiger partial charge in [0.25, 0.3) is 0 Å². The molecule has 0 radical (unpaired) electrons. The van der Waals surface area contributed by atoms with Crippen LogP contribution in [0.3, 0.4) is 0 Å². The van der Waals surface area contributed by atoms with Crippen LogP contribution in [0.2, 0.25) is 0 Å². The summed E-state index contributed by atoms with van der Waals surface area (Å²) in [6, 6.07) is 5.29. The molecule has 1 aliphatic heterocycles. The number of hydrogen-bond acceptors (Lipinski definition) is 3. The molecule has 1 aromatic carbocycles. The Hall–Kier alpha value is -0.920. The number of rotatable bonds is 3. The van der Waals surface area contributed by atoms with Crippen molar-refractivity contribution in [2.24, 2.45) is 0 Å². The predicted octanol–water partition coefficient (Wildman–Crippen LogP) is 2.05. The molecule has 1 heterocycles. The Balaban J connectivity index is 2.13. The third kappa shape index (κ3) is 3.84. The molecule has 1 saturated heterocycles. The fourth-order valence-corrected chi connectivity index (χ4v) is 5.10. The van der Waals surface area contributed by atoms with Gasteiger partial charge in [-0.3, -0.25) is 4.79 Å². The molecule has 0 unspecified atom stereocenters. The maximum atomic E-state index is 12.7. The highest BCUT2D eigenvalue weighted by atomic mass is 79.9. The molecule has 0 spiro atoms. The van der Waals surface area contributed by atoms with Gasteiger partial charge in [0, 0.05) is 30.5 Å². The number of nitrogens with zero attached hydrogens (tertiary/aromatic N) is 1. The fraction of sp³-hybridized carbons (Fsp3) is 0.500. The van der Waals surface area contributed by atoms with Crippen molar-refractivity contribution in [2.75, 3.05) is 13.1 Å². The number of sulfonamides is 1. The molecule has 1 fully saturated rings. The van der Waals surface area contributed by atoms with Gasteiger partial charge in [-0.2, -0.15) is 4.31 Å². The van der Waals surface area contributed by atoms with E-state index in [1.807, 2.05) is 6.92 Å². The molecule has 116 valence electrons. The number of carbonyl (C=O) groups is 1. The normalized spacial score (nSPS) is 17.7. The third-order valence-electron chi connectivity index (χ3n) is 3.57. The minimum atomic E-state index is -3.49. The van der Waals surface area contributed by atoms with Crippen LogP contribution in [0.25, 0.3) is 0 Å². The Morgan fingerprint density at radius 1 is 1.33 bits per heavy atom. The number of carbonyl (C=O) groups excluding carboxylic acids is 1. The van der Waals surface area contributed by atoms with Gasteiger partial charge >= 0.3 is 0 Å². The van der Waals surface area contributed by atoms with Crippen LogP contribution in [0.4, 0.5) is 0 Å². The summed E-state index contributed by atoms with van der Waals surface area (Å²) in [5, 5.41) is 2.84. The molecule has 0 bridgehead atoms. The largest absolute Gasteiger partial charge is 0.354 e. The second kappa shape index (κ2) is 6.46. The van der Waals surface area contributed by atoms with Gasteiger partial charge in [0.15, 0.2) is 0 Å². The minimum Gasteiger partial charge on any atom is -0.354 e. The molecule has 2 rings (SSSR count). The molecule has 1 amide bonds. The molecule has 0 aliphatic carbocycles. The van der Waals surface area contributed by atoms with Crippen molar-refractivity contribution in [1.82, 2.24) is 9.62 Å². The molecule has 0 atom stereocenters. The third-order valence-corrected chi connectivity index (χ3v) is 6.44. The zero-order valence-corrected chi connectivity index (χ0v) is 14.5. The molecular weight excluding hydrogens is 356 g/mol. The van der Waals surface area contributed by atoms with Crippen LogP contribution >= 0.6 is 15.9 Å². The number of amides is 1. The Morgan fingerprint density at radius 3 is 2.48 bits per heavy atom. The van der Waals surface area contributed by atoms with Crippen molar-refractivity contribution in [3.8, 4) is 0 Å². The first-order chi connectivity index (χ1) is 9.80. The lowest BCUT2D eigenvalue weighted by molar-refractivity contribution is -0.119. The Morgan fingerprint density at radius 2 is 1.95 bits per heavy atom. The Kier molecular flexibility index (Phi) is 5.06. The van der Waals surface area contributed by atoms with E-state index < -0.39 is 10.0 Å². The highest BCUT2D eigenvalue weighted by Gasteiger charge is 2.30. The van der Waals surface area contributed by atoms with Gasteiger partial charge in [-0.1, -0.05) is 6.07 Å². The Bertz CT molecular complexity index is 638. The van der Waals surface area contributed by atoms with Crippen LogP contribution in [0.1, 0.15) is 25.3 Å². The average molecular weight is 375 g/mol. The number of nitrogens with one attached hydrogen (secondary N) is 1. The molecule has 1 aromatic rings. The van der Waals surface area contributed by atoms with E-state index in [9.17, 15) is 13.2 Å². The SMILES string of the molecule is CC(=O)NC1CCN(S(=O)(=O)c2ccc(C)cc2Br)CC1. The Labute approximate surface area is 133 Å². The summed E-state index contributed by atoms with van der Waals surface area (Å²) in [6.45, 7) is 4.24. The standard InChI is InChI=1S/C14H19BrN2O3S/c1-10-3-4-14(13(15)9-10)21(19,20)17-7-5-12(6-8-17)16-11(2)18/h3-4,9,12H,5-8H2,1-2H3,(H,16,18). The van der Waals surface area contributed by atoms with Crippen molar-refractivity contribution in [3.05, 3.63) is 28.2 Å². The smallest absolute Gasteiger partial charge is 0.244 e. The first kappa shape index (κ1) is 16.5. The van der Waals surface area contributed by atoms with Gasteiger partial charge in [0.1, 0.15) is 0 Å². The van der Waals surface area contributed by atoms with Crippen LogP contribution in [-0.4, -0.2) is 37.8 Å². The summed E-state index contributed by atoms with van der Waals surface area (Å²) < 4.78 is 27.4. The van der Waals surface area contributed by atoms with E-state index in [1.165, 1.54) is 11.2 Å². The van der Waals surface area contributed by atoms with Gasteiger partial charge in [0.2, 0.25) is 15.9 Å². The molecule has 5 nitrogen and oxygen atoms in total.